The summed E-state index contributed by atoms with van der Waals surface area (Å²) in [4.78, 5) is 12.5. The standard InChI is InChI=1S/C23H17Cl2N3O6S2/c24-15-3-8-18(9-4-15)27(35(30)31)20-12-7-17(26-23(29)22-2-1-13-34-22)14-21(20)28(36(32)33)19-10-5-16(25)6-11-19/h1-14,35-36H,(H,26,29). The molecule has 0 radical (unpaired) electrons. The van der Waals surface area contributed by atoms with Crippen LogP contribution in [0, 0.1) is 0 Å². The third kappa shape index (κ3) is 5.65. The molecule has 0 aliphatic rings. The Kier molecular flexibility index (Phi) is 7.85. The lowest BCUT2D eigenvalue weighted by Crippen LogP contribution is -2.21. The highest BCUT2D eigenvalue weighted by Crippen LogP contribution is 2.40. The van der Waals surface area contributed by atoms with Gasteiger partial charge in [-0.05, 0) is 78.9 Å². The lowest BCUT2D eigenvalue weighted by Gasteiger charge is -2.26. The van der Waals surface area contributed by atoms with Gasteiger partial charge in [0.05, 0.1) is 29.0 Å². The lowest BCUT2D eigenvalue weighted by molar-refractivity contribution is 0.0996. The number of hydrogen-bond donors (Lipinski definition) is 3. The summed E-state index contributed by atoms with van der Waals surface area (Å²) in [5.41, 5.74) is 0.589. The van der Waals surface area contributed by atoms with Crippen LogP contribution in [0.1, 0.15) is 10.6 Å². The summed E-state index contributed by atoms with van der Waals surface area (Å²) >= 11 is 11.9. The molecule has 0 saturated carbocycles. The van der Waals surface area contributed by atoms with E-state index in [1.807, 2.05) is 0 Å². The van der Waals surface area contributed by atoms with E-state index in [-0.39, 0.29) is 34.2 Å². The first-order valence-corrected chi connectivity index (χ1v) is 13.1. The molecule has 0 unspecified atom stereocenters. The Hall–Kier alpha value is -3.51. The third-order valence-corrected chi connectivity index (χ3v) is 6.95. The van der Waals surface area contributed by atoms with Gasteiger partial charge in [-0.1, -0.05) is 23.2 Å². The number of furan rings is 1. The van der Waals surface area contributed by atoms with Gasteiger partial charge in [0.15, 0.2) is 5.76 Å². The average Bonchev–Trinajstić information content (AvgIpc) is 3.38. The molecule has 36 heavy (non-hydrogen) atoms. The van der Waals surface area contributed by atoms with Crippen molar-refractivity contribution < 1.29 is 26.0 Å². The summed E-state index contributed by atoms with van der Waals surface area (Å²) in [7, 11) is -6.59. The molecule has 0 saturated heterocycles. The zero-order valence-corrected chi connectivity index (χ0v) is 21.4. The molecule has 1 aromatic heterocycles. The second kappa shape index (κ2) is 11.0. The van der Waals surface area contributed by atoms with E-state index >= 15 is 0 Å². The molecule has 0 fully saturated rings. The molecule has 0 bridgehead atoms. The van der Waals surface area contributed by atoms with Crippen LogP contribution in [-0.4, -0.2) is 22.7 Å². The van der Waals surface area contributed by atoms with Gasteiger partial charge in [-0.25, -0.2) is 25.4 Å². The number of carbonyl (C=O) groups excluding carboxylic acids is 1. The number of rotatable bonds is 8. The molecule has 0 aliphatic carbocycles. The number of nitrogens with one attached hydrogen (secondary N) is 1. The number of benzene rings is 3. The van der Waals surface area contributed by atoms with Gasteiger partial charge < -0.3 is 9.73 Å². The minimum absolute atomic E-state index is 0.0126. The second-order valence-electron chi connectivity index (χ2n) is 7.19. The molecule has 4 rings (SSSR count). The maximum atomic E-state index is 12.5. The van der Waals surface area contributed by atoms with Crippen LogP contribution < -0.4 is 13.9 Å². The molecule has 3 aromatic carbocycles. The number of thiol groups is 2. The van der Waals surface area contributed by atoms with Crippen LogP contribution in [0.5, 0.6) is 0 Å². The number of carbonyl (C=O) groups is 1. The number of halogens is 2. The van der Waals surface area contributed by atoms with E-state index in [1.54, 1.807) is 6.07 Å². The Bertz CT molecular complexity index is 1520. The first-order valence-electron chi connectivity index (χ1n) is 10.1. The van der Waals surface area contributed by atoms with Crippen molar-refractivity contribution in [3.63, 3.8) is 0 Å². The molecule has 186 valence electrons. The number of amides is 1. The predicted octanol–water partition coefficient (Wildman–Crippen LogP) is 5.17. The van der Waals surface area contributed by atoms with Crippen molar-refractivity contribution in [3.8, 4) is 0 Å². The third-order valence-electron chi connectivity index (χ3n) is 4.90. The Morgan fingerprint density at radius 1 is 0.722 bits per heavy atom. The van der Waals surface area contributed by atoms with Crippen molar-refractivity contribution in [2.24, 2.45) is 0 Å². The Balaban J connectivity index is 1.90. The topological polar surface area (TPSA) is 117 Å². The molecule has 1 heterocycles. The van der Waals surface area contributed by atoms with Gasteiger partial charge in [0.25, 0.3) is 5.91 Å². The van der Waals surface area contributed by atoms with E-state index in [0.29, 0.717) is 10.0 Å². The van der Waals surface area contributed by atoms with Gasteiger partial charge >= 0.3 is 0 Å². The first-order chi connectivity index (χ1) is 17.2. The minimum atomic E-state index is -3.31. The van der Waals surface area contributed by atoms with Crippen LogP contribution in [-0.2, 0) is 21.8 Å². The van der Waals surface area contributed by atoms with E-state index in [9.17, 15) is 21.6 Å². The fourth-order valence-electron chi connectivity index (χ4n) is 3.36. The van der Waals surface area contributed by atoms with Crippen LogP contribution in [0.2, 0.25) is 10.0 Å². The van der Waals surface area contributed by atoms with Crippen LogP contribution in [0.25, 0.3) is 0 Å². The minimum Gasteiger partial charge on any atom is -0.459 e. The van der Waals surface area contributed by atoms with Crippen LogP contribution in [0.15, 0.2) is 89.5 Å². The number of hydrogen-bond acceptors (Lipinski definition) is 6. The van der Waals surface area contributed by atoms with Crippen molar-refractivity contribution in [1.82, 2.24) is 0 Å². The van der Waals surface area contributed by atoms with E-state index in [0.717, 1.165) is 8.61 Å². The number of anilines is 5. The summed E-state index contributed by atoms with van der Waals surface area (Å²) in [5.74, 6) is -0.539. The summed E-state index contributed by atoms with van der Waals surface area (Å²) < 4.78 is 56.7. The Morgan fingerprint density at radius 2 is 1.25 bits per heavy atom. The maximum absolute atomic E-state index is 12.5. The van der Waals surface area contributed by atoms with Gasteiger partial charge in [-0.3, -0.25) is 4.79 Å². The molecule has 9 nitrogen and oxygen atoms in total. The van der Waals surface area contributed by atoms with Crippen molar-refractivity contribution in [2.75, 3.05) is 13.9 Å². The first kappa shape index (κ1) is 25.6. The van der Waals surface area contributed by atoms with E-state index in [2.05, 4.69) is 5.32 Å². The predicted molar refractivity (Wildman–Crippen MR) is 141 cm³/mol. The lowest BCUT2D eigenvalue weighted by atomic mass is 10.2. The molecule has 13 heteroatoms. The van der Waals surface area contributed by atoms with Crippen molar-refractivity contribution in [3.05, 3.63) is 101 Å². The summed E-state index contributed by atoms with van der Waals surface area (Å²) in [6, 6.07) is 19.1. The smallest absolute Gasteiger partial charge is 0.291 e. The zero-order chi connectivity index (χ0) is 25.8. The monoisotopic (exact) mass is 565 g/mol. The molecule has 1 N–H and O–H groups in total. The molecule has 1 amide bonds. The molecule has 0 spiro atoms. The highest BCUT2D eigenvalue weighted by atomic mass is 35.5. The van der Waals surface area contributed by atoms with E-state index in [1.165, 1.54) is 79.1 Å². The summed E-state index contributed by atoms with van der Waals surface area (Å²) in [6.45, 7) is 0. The zero-order valence-electron chi connectivity index (χ0n) is 18.1. The van der Waals surface area contributed by atoms with Crippen LogP contribution in [0.3, 0.4) is 0 Å². The maximum Gasteiger partial charge on any atom is 0.291 e. The van der Waals surface area contributed by atoms with Gasteiger partial charge in [0.2, 0.25) is 21.8 Å². The van der Waals surface area contributed by atoms with Crippen molar-refractivity contribution >= 4 is 79.3 Å². The fraction of sp³-hybridized carbons (Fsp3) is 0. The van der Waals surface area contributed by atoms with Crippen LogP contribution >= 0.6 is 23.2 Å². The van der Waals surface area contributed by atoms with Crippen molar-refractivity contribution in [1.29, 1.82) is 0 Å². The highest BCUT2D eigenvalue weighted by molar-refractivity contribution is 7.75. The SMILES string of the molecule is O=C(Nc1ccc(N(c2ccc(Cl)cc2)[SH](=O)=O)c(N(c2ccc(Cl)cc2)[SH](=O)=O)c1)c1ccco1. The van der Waals surface area contributed by atoms with E-state index < -0.39 is 27.7 Å². The van der Waals surface area contributed by atoms with Crippen LogP contribution in [0.4, 0.5) is 28.4 Å². The van der Waals surface area contributed by atoms with Gasteiger partial charge in [-0.2, -0.15) is 0 Å². The summed E-state index contributed by atoms with van der Waals surface area (Å²) in [6.07, 6.45) is 1.34. The van der Waals surface area contributed by atoms with Gasteiger partial charge in [0, 0.05) is 15.7 Å². The largest absolute Gasteiger partial charge is 0.459 e. The molecule has 4 aromatic rings. The fourth-order valence-corrected chi connectivity index (χ4v) is 4.93. The Morgan fingerprint density at radius 3 is 1.72 bits per heavy atom. The second-order valence-corrected chi connectivity index (χ2v) is 9.81. The molecular formula is C23H17Cl2N3O6S2. The normalized spacial score (nSPS) is 11.0. The van der Waals surface area contributed by atoms with Gasteiger partial charge in [-0.15, -0.1) is 0 Å². The Labute approximate surface area is 219 Å². The van der Waals surface area contributed by atoms with Crippen molar-refractivity contribution in [2.45, 2.75) is 0 Å². The summed E-state index contributed by atoms with van der Waals surface area (Å²) in [5, 5.41) is 3.39. The number of nitrogens with zero attached hydrogens (tertiary/aromatic N) is 2. The average molecular weight is 566 g/mol. The molecular weight excluding hydrogens is 549 g/mol. The van der Waals surface area contributed by atoms with E-state index in [4.69, 9.17) is 27.6 Å². The quantitative estimate of drug-likeness (QED) is 0.254. The highest BCUT2D eigenvalue weighted by Gasteiger charge is 2.24. The van der Waals surface area contributed by atoms with Gasteiger partial charge in [0.1, 0.15) is 0 Å². The molecule has 0 atom stereocenters. The molecule has 0 aliphatic heterocycles.